The van der Waals surface area contributed by atoms with E-state index in [4.69, 9.17) is 17.3 Å². The van der Waals surface area contributed by atoms with E-state index < -0.39 is 9.84 Å². The van der Waals surface area contributed by atoms with Crippen LogP contribution < -0.4 is 10.6 Å². The molecule has 3 N–H and O–H groups in total. The molecule has 0 aliphatic carbocycles. The van der Waals surface area contributed by atoms with E-state index in [1.807, 2.05) is 0 Å². The topological polar surface area (TPSA) is 78.4 Å². The summed E-state index contributed by atoms with van der Waals surface area (Å²) in [6.45, 7) is 0. The molecule has 18 heavy (non-hydrogen) atoms. The third-order valence-electron chi connectivity index (χ3n) is 2.69. The highest BCUT2D eigenvalue weighted by Crippen LogP contribution is 2.14. The molecule has 98 valence electrons. The number of aromatic hydroxyl groups is 1. The van der Waals surface area contributed by atoms with Crippen LogP contribution in [0.2, 0.25) is 0 Å². The summed E-state index contributed by atoms with van der Waals surface area (Å²) in [7, 11) is -2.90. The lowest BCUT2D eigenvalue weighted by Gasteiger charge is -2.14. The number of sulfone groups is 1. The number of phenolic OH excluding ortho intramolecular Hbond substituents is 1. The predicted octanol–water partition coefficient (Wildman–Crippen LogP) is 0.866. The lowest BCUT2D eigenvalue weighted by molar-refractivity contribution is 0.475. The first-order valence-electron chi connectivity index (χ1n) is 5.51. The van der Waals surface area contributed by atoms with Gasteiger partial charge in [0.1, 0.15) is 5.75 Å². The molecule has 1 saturated heterocycles. The van der Waals surface area contributed by atoms with Crippen LogP contribution in [-0.4, -0.2) is 36.2 Å². The average molecular weight is 286 g/mol. The molecule has 5 nitrogen and oxygen atoms in total. The lowest BCUT2D eigenvalue weighted by Crippen LogP contribution is -2.38. The summed E-state index contributed by atoms with van der Waals surface area (Å²) < 4.78 is 22.6. The highest BCUT2D eigenvalue weighted by molar-refractivity contribution is 7.91. The summed E-state index contributed by atoms with van der Waals surface area (Å²) in [5.41, 5.74) is 0.742. The van der Waals surface area contributed by atoms with Crippen molar-refractivity contribution in [2.75, 3.05) is 16.8 Å². The molecule has 1 aliphatic rings. The van der Waals surface area contributed by atoms with Crippen LogP contribution in [0.1, 0.15) is 6.42 Å². The minimum Gasteiger partial charge on any atom is -0.508 e. The average Bonchev–Trinajstić information content (AvgIpc) is 2.61. The van der Waals surface area contributed by atoms with Crippen molar-refractivity contribution in [2.24, 2.45) is 0 Å². The van der Waals surface area contributed by atoms with Gasteiger partial charge >= 0.3 is 0 Å². The summed E-state index contributed by atoms with van der Waals surface area (Å²) in [6, 6.07) is 6.35. The first-order chi connectivity index (χ1) is 8.44. The van der Waals surface area contributed by atoms with E-state index in [9.17, 15) is 8.42 Å². The number of phenols is 1. The second kappa shape index (κ2) is 5.11. The number of nitrogens with one attached hydrogen (secondary N) is 2. The number of benzene rings is 1. The van der Waals surface area contributed by atoms with Crippen molar-refractivity contribution in [3.8, 4) is 5.75 Å². The molecule has 1 heterocycles. The van der Waals surface area contributed by atoms with E-state index in [-0.39, 0.29) is 23.3 Å². The van der Waals surface area contributed by atoms with Gasteiger partial charge in [-0.3, -0.25) is 0 Å². The fourth-order valence-corrected chi connectivity index (χ4v) is 3.76. The summed E-state index contributed by atoms with van der Waals surface area (Å²) in [5.74, 6) is 0.526. The molecule has 0 aromatic heterocycles. The van der Waals surface area contributed by atoms with Gasteiger partial charge in [0.25, 0.3) is 0 Å². The van der Waals surface area contributed by atoms with Gasteiger partial charge in [0.15, 0.2) is 14.9 Å². The molecule has 1 aromatic carbocycles. The Kier molecular flexibility index (Phi) is 3.72. The first kappa shape index (κ1) is 13.1. The molecule has 0 spiro atoms. The normalized spacial score (nSPS) is 21.4. The van der Waals surface area contributed by atoms with Crippen molar-refractivity contribution in [3.05, 3.63) is 24.3 Å². The third-order valence-corrected chi connectivity index (χ3v) is 4.68. The van der Waals surface area contributed by atoms with Gasteiger partial charge in [-0.2, -0.15) is 0 Å². The third kappa shape index (κ3) is 3.58. The molecule has 2 rings (SSSR count). The number of hydrogen-bond acceptors (Lipinski definition) is 4. The molecule has 1 aromatic rings. The van der Waals surface area contributed by atoms with Crippen molar-refractivity contribution in [3.63, 3.8) is 0 Å². The molecule has 1 atom stereocenters. The number of anilines is 1. The molecule has 1 aliphatic heterocycles. The fourth-order valence-electron chi connectivity index (χ4n) is 1.81. The summed E-state index contributed by atoms with van der Waals surface area (Å²) >= 11 is 5.10. The van der Waals surface area contributed by atoms with Crippen LogP contribution in [0.5, 0.6) is 5.75 Å². The van der Waals surface area contributed by atoms with E-state index in [0.29, 0.717) is 11.5 Å². The second-order valence-corrected chi connectivity index (χ2v) is 6.88. The Hall–Kier alpha value is -1.34. The maximum Gasteiger partial charge on any atom is 0.171 e. The maximum absolute atomic E-state index is 11.3. The van der Waals surface area contributed by atoms with Gasteiger partial charge in [0.05, 0.1) is 11.5 Å². The molecule has 7 heteroatoms. The molecule has 0 amide bonds. The van der Waals surface area contributed by atoms with E-state index >= 15 is 0 Å². The van der Waals surface area contributed by atoms with Crippen molar-refractivity contribution < 1.29 is 13.5 Å². The van der Waals surface area contributed by atoms with E-state index in [2.05, 4.69) is 10.6 Å². The Labute approximate surface area is 111 Å². The number of thiocarbonyl (C=S) groups is 1. The first-order valence-corrected chi connectivity index (χ1v) is 7.74. The van der Waals surface area contributed by atoms with Crippen molar-refractivity contribution in [2.45, 2.75) is 12.5 Å². The maximum atomic E-state index is 11.3. The molecular formula is C11H14N2O3S2. The zero-order chi connectivity index (χ0) is 13.2. The van der Waals surface area contributed by atoms with E-state index in [0.717, 1.165) is 5.69 Å². The van der Waals surface area contributed by atoms with Gasteiger partial charge in [-0.25, -0.2) is 8.42 Å². The Morgan fingerprint density at radius 1 is 1.33 bits per heavy atom. The van der Waals surface area contributed by atoms with Gasteiger partial charge in [-0.15, -0.1) is 0 Å². The highest BCUT2D eigenvalue weighted by Gasteiger charge is 2.28. The Morgan fingerprint density at radius 2 is 2.00 bits per heavy atom. The van der Waals surface area contributed by atoms with Crippen LogP contribution >= 0.6 is 12.2 Å². The highest BCUT2D eigenvalue weighted by atomic mass is 32.2. The van der Waals surface area contributed by atoms with Gasteiger partial charge < -0.3 is 15.7 Å². The summed E-state index contributed by atoms with van der Waals surface area (Å²) in [5, 5.41) is 15.4. The summed E-state index contributed by atoms with van der Waals surface area (Å²) in [6.07, 6.45) is 0.583. The zero-order valence-corrected chi connectivity index (χ0v) is 11.2. The Balaban J connectivity index is 1.88. The monoisotopic (exact) mass is 286 g/mol. The quantitative estimate of drug-likeness (QED) is 0.553. The summed E-state index contributed by atoms with van der Waals surface area (Å²) in [4.78, 5) is 0. The molecular weight excluding hydrogens is 272 g/mol. The second-order valence-electron chi connectivity index (χ2n) is 4.25. The van der Waals surface area contributed by atoms with Gasteiger partial charge in [0, 0.05) is 11.7 Å². The van der Waals surface area contributed by atoms with Crippen LogP contribution in [-0.2, 0) is 9.84 Å². The van der Waals surface area contributed by atoms with E-state index in [1.165, 1.54) is 0 Å². The molecule has 0 saturated carbocycles. The standard InChI is InChI=1S/C11H14N2O3S2/c14-10-3-1-8(2-4-10)12-11(17)13-9-5-6-18(15,16)7-9/h1-4,9,14H,5-7H2,(H2,12,13,17)/t9-/m0/s1. The van der Waals surface area contributed by atoms with Crippen molar-refractivity contribution in [1.29, 1.82) is 0 Å². The molecule has 1 fully saturated rings. The van der Waals surface area contributed by atoms with Crippen molar-refractivity contribution in [1.82, 2.24) is 5.32 Å². The van der Waals surface area contributed by atoms with Crippen LogP contribution in [0.15, 0.2) is 24.3 Å². The smallest absolute Gasteiger partial charge is 0.171 e. The van der Waals surface area contributed by atoms with Crippen LogP contribution in [0.4, 0.5) is 5.69 Å². The van der Waals surface area contributed by atoms with Gasteiger partial charge in [0.2, 0.25) is 0 Å². The van der Waals surface area contributed by atoms with Crippen LogP contribution in [0, 0.1) is 0 Å². The fraction of sp³-hybridized carbons (Fsp3) is 0.364. The SMILES string of the molecule is O=S1(=O)CC[C@H](NC(=S)Nc2ccc(O)cc2)C1. The van der Waals surface area contributed by atoms with Gasteiger partial charge in [-0.1, -0.05) is 0 Å². The van der Waals surface area contributed by atoms with E-state index in [1.54, 1.807) is 24.3 Å². The van der Waals surface area contributed by atoms with Gasteiger partial charge in [-0.05, 0) is 42.9 Å². The predicted molar refractivity (Wildman–Crippen MR) is 74.5 cm³/mol. The van der Waals surface area contributed by atoms with Crippen LogP contribution in [0.25, 0.3) is 0 Å². The Morgan fingerprint density at radius 3 is 2.56 bits per heavy atom. The number of hydrogen-bond donors (Lipinski definition) is 3. The Bertz CT molecular complexity index is 540. The molecule has 0 bridgehead atoms. The lowest BCUT2D eigenvalue weighted by atomic mass is 10.3. The minimum atomic E-state index is -2.90. The zero-order valence-electron chi connectivity index (χ0n) is 9.59. The van der Waals surface area contributed by atoms with Crippen LogP contribution in [0.3, 0.4) is 0 Å². The minimum absolute atomic E-state index is 0.118. The van der Waals surface area contributed by atoms with Crippen molar-refractivity contribution >= 4 is 32.9 Å². The number of rotatable bonds is 2. The largest absolute Gasteiger partial charge is 0.508 e. The molecule has 0 unspecified atom stereocenters. The molecule has 0 radical (unpaired) electrons.